The molecular formula is C19H18O3S. The average molecular weight is 326 g/mol. The van der Waals surface area contributed by atoms with Gasteiger partial charge in [-0.15, -0.1) is 0 Å². The molecule has 0 saturated carbocycles. The Hall–Kier alpha value is -2.20. The molecule has 0 spiro atoms. The maximum Gasteiger partial charge on any atom is 0.354 e. The molecule has 0 aliphatic heterocycles. The molecule has 0 aliphatic rings. The normalized spacial score (nSPS) is 11.8. The molecule has 1 heterocycles. The maximum absolute atomic E-state index is 12.1. The van der Waals surface area contributed by atoms with Gasteiger partial charge in [-0.1, -0.05) is 56.8 Å². The second-order valence-electron chi connectivity index (χ2n) is 6.44. The summed E-state index contributed by atoms with van der Waals surface area (Å²) in [7, 11) is 0. The summed E-state index contributed by atoms with van der Waals surface area (Å²) >= 11 is 1.22. The second-order valence-corrected chi connectivity index (χ2v) is 7.52. The van der Waals surface area contributed by atoms with E-state index in [0.29, 0.717) is 11.0 Å². The minimum atomic E-state index is -0.522. The van der Waals surface area contributed by atoms with Crippen molar-refractivity contribution in [2.75, 3.05) is 0 Å². The van der Waals surface area contributed by atoms with Gasteiger partial charge in [0, 0.05) is 4.90 Å². The van der Waals surface area contributed by atoms with Gasteiger partial charge >= 0.3 is 5.63 Å². The van der Waals surface area contributed by atoms with Gasteiger partial charge in [0.1, 0.15) is 16.2 Å². The number of fused-ring (bicyclic) bond motifs is 1. The van der Waals surface area contributed by atoms with Crippen LogP contribution in [0.1, 0.15) is 26.3 Å². The van der Waals surface area contributed by atoms with E-state index in [1.54, 1.807) is 24.3 Å². The Bertz CT molecular complexity index is 903. The molecule has 0 aliphatic carbocycles. The minimum absolute atomic E-state index is 0.0262. The molecule has 118 valence electrons. The summed E-state index contributed by atoms with van der Waals surface area (Å²) in [5, 5.41) is 10.9. The van der Waals surface area contributed by atoms with Crippen LogP contribution in [-0.2, 0) is 5.41 Å². The van der Waals surface area contributed by atoms with Crippen LogP contribution in [0, 0.1) is 0 Å². The van der Waals surface area contributed by atoms with Crippen LogP contribution in [0.2, 0.25) is 0 Å². The highest BCUT2D eigenvalue weighted by atomic mass is 32.2. The van der Waals surface area contributed by atoms with Crippen LogP contribution in [0.3, 0.4) is 0 Å². The zero-order chi connectivity index (χ0) is 16.6. The molecule has 0 radical (unpaired) electrons. The monoisotopic (exact) mass is 326 g/mol. The third-order valence-corrected chi connectivity index (χ3v) is 4.76. The lowest BCUT2D eigenvalue weighted by Gasteiger charge is -2.19. The van der Waals surface area contributed by atoms with Crippen LogP contribution in [0.25, 0.3) is 11.0 Å². The molecule has 0 amide bonds. The fraction of sp³-hybridized carbons (Fsp3) is 0.211. The predicted molar refractivity (Wildman–Crippen MR) is 93.4 cm³/mol. The van der Waals surface area contributed by atoms with Gasteiger partial charge < -0.3 is 9.52 Å². The number of hydrogen-bond acceptors (Lipinski definition) is 4. The highest BCUT2D eigenvalue weighted by Gasteiger charge is 2.16. The first-order valence-corrected chi connectivity index (χ1v) is 8.21. The summed E-state index contributed by atoms with van der Waals surface area (Å²) in [4.78, 5) is 13.2. The Morgan fingerprint density at radius 1 is 1.00 bits per heavy atom. The molecule has 23 heavy (non-hydrogen) atoms. The van der Waals surface area contributed by atoms with Crippen molar-refractivity contribution >= 4 is 22.7 Å². The van der Waals surface area contributed by atoms with Gasteiger partial charge in [0.05, 0.1) is 5.39 Å². The van der Waals surface area contributed by atoms with Crippen molar-refractivity contribution in [3.63, 3.8) is 0 Å². The van der Waals surface area contributed by atoms with E-state index in [-0.39, 0.29) is 16.1 Å². The topological polar surface area (TPSA) is 50.4 Å². The smallest absolute Gasteiger partial charge is 0.354 e. The number of aromatic hydroxyl groups is 1. The molecule has 3 nitrogen and oxygen atoms in total. The van der Waals surface area contributed by atoms with E-state index in [2.05, 4.69) is 20.8 Å². The standard InChI is InChI=1S/C19H18O3S/c1-19(2,3)12-8-10-13(11-9-12)23-17-16(20)14-6-4-5-7-15(14)22-18(17)21/h4-11,20H,1-3H3. The molecule has 0 saturated heterocycles. The van der Waals surface area contributed by atoms with Gasteiger partial charge in [-0.2, -0.15) is 0 Å². The molecule has 1 N–H and O–H groups in total. The second kappa shape index (κ2) is 5.78. The van der Waals surface area contributed by atoms with Crippen LogP contribution in [0.4, 0.5) is 0 Å². The summed E-state index contributed by atoms with van der Waals surface area (Å²) in [6.07, 6.45) is 0. The van der Waals surface area contributed by atoms with Crippen LogP contribution >= 0.6 is 11.8 Å². The van der Waals surface area contributed by atoms with Crippen molar-refractivity contribution < 1.29 is 9.52 Å². The lowest BCUT2D eigenvalue weighted by Crippen LogP contribution is -2.10. The van der Waals surface area contributed by atoms with Crippen LogP contribution in [-0.4, -0.2) is 5.11 Å². The summed E-state index contributed by atoms with van der Waals surface area (Å²) < 4.78 is 5.29. The third-order valence-electron chi connectivity index (χ3n) is 3.69. The van der Waals surface area contributed by atoms with E-state index in [1.165, 1.54) is 17.3 Å². The molecule has 1 aromatic heterocycles. The summed E-state index contributed by atoms with van der Waals surface area (Å²) in [5.41, 5.74) is 1.16. The number of para-hydroxylation sites is 1. The van der Waals surface area contributed by atoms with Gasteiger partial charge in [0.2, 0.25) is 0 Å². The Labute approximate surface area is 139 Å². The van der Waals surface area contributed by atoms with Crippen molar-refractivity contribution in [3.8, 4) is 5.75 Å². The fourth-order valence-electron chi connectivity index (χ4n) is 2.35. The number of rotatable bonds is 2. The lowest BCUT2D eigenvalue weighted by molar-refractivity contribution is 0.447. The van der Waals surface area contributed by atoms with Gasteiger partial charge in [-0.3, -0.25) is 0 Å². The molecule has 2 aromatic carbocycles. The molecule has 0 bridgehead atoms. The highest BCUT2D eigenvalue weighted by Crippen LogP contribution is 2.36. The van der Waals surface area contributed by atoms with Crippen LogP contribution in [0.5, 0.6) is 5.75 Å². The van der Waals surface area contributed by atoms with Gasteiger partial charge in [0.25, 0.3) is 0 Å². The molecule has 4 heteroatoms. The van der Waals surface area contributed by atoms with E-state index in [0.717, 1.165) is 4.90 Å². The minimum Gasteiger partial charge on any atom is -0.506 e. The summed E-state index contributed by atoms with van der Waals surface area (Å²) in [6, 6.07) is 15.0. The molecule has 0 unspecified atom stereocenters. The Kier molecular flexibility index (Phi) is 3.94. The Morgan fingerprint density at radius 2 is 1.65 bits per heavy atom. The molecule has 0 atom stereocenters. The van der Waals surface area contributed by atoms with Crippen molar-refractivity contribution in [2.45, 2.75) is 36.0 Å². The first kappa shape index (κ1) is 15.7. The molecule has 3 rings (SSSR count). The van der Waals surface area contributed by atoms with Gasteiger partial charge in [0.15, 0.2) is 0 Å². The molecule has 3 aromatic rings. The third kappa shape index (κ3) is 3.13. The zero-order valence-corrected chi connectivity index (χ0v) is 14.1. The lowest BCUT2D eigenvalue weighted by atomic mass is 9.87. The molecular weight excluding hydrogens is 308 g/mol. The fourth-order valence-corrected chi connectivity index (χ4v) is 3.19. The van der Waals surface area contributed by atoms with E-state index in [1.807, 2.05) is 24.3 Å². The van der Waals surface area contributed by atoms with E-state index >= 15 is 0 Å². The summed E-state index contributed by atoms with van der Waals surface area (Å²) in [5.74, 6) is -0.0262. The van der Waals surface area contributed by atoms with Crippen molar-refractivity contribution in [2.24, 2.45) is 0 Å². The molecule has 0 fully saturated rings. The number of hydrogen-bond donors (Lipinski definition) is 1. The zero-order valence-electron chi connectivity index (χ0n) is 13.3. The first-order chi connectivity index (χ1) is 10.9. The largest absolute Gasteiger partial charge is 0.506 e. The van der Waals surface area contributed by atoms with Crippen LogP contribution < -0.4 is 5.63 Å². The van der Waals surface area contributed by atoms with Crippen molar-refractivity contribution in [3.05, 3.63) is 64.5 Å². The quantitative estimate of drug-likeness (QED) is 0.677. The van der Waals surface area contributed by atoms with Gasteiger partial charge in [-0.05, 0) is 35.2 Å². The highest BCUT2D eigenvalue weighted by molar-refractivity contribution is 7.99. The first-order valence-electron chi connectivity index (χ1n) is 7.39. The maximum atomic E-state index is 12.1. The van der Waals surface area contributed by atoms with Crippen molar-refractivity contribution in [1.82, 2.24) is 0 Å². The van der Waals surface area contributed by atoms with Crippen molar-refractivity contribution in [1.29, 1.82) is 0 Å². The summed E-state index contributed by atoms with van der Waals surface area (Å²) in [6.45, 7) is 6.46. The van der Waals surface area contributed by atoms with Crippen LogP contribution in [0.15, 0.2) is 67.5 Å². The Balaban J connectivity index is 2.00. The van der Waals surface area contributed by atoms with Gasteiger partial charge in [-0.25, -0.2) is 4.79 Å². The van der Waals surface area contributed by atoms with E-state index in [9.17, 15) is 9.90 Å². The average Bonchev–Trinajstić information content (AvgIpc) is 2.51. The Morgan fingerprint density at radius 3 is 2.30 bits per heavy atom. The SMILES string of the molecule is CC(C)(C)c1ccc(Sc2c(O)c3ccccc3oc2=O)cc1. The van der Waals surface area contributed by atoms with E-state index in [4.69, 9.17) is 4.42 Å². The number of benzene rings is 2. The van der Waals surface area contributed by atoms with E-state index < -0.39 is 5.63 Å². The predicted octanol–water partition coefficient (Wildman–Crippen LogP) is 4.95.